The van der Waals surface area contributed by atoms with Crippen molar-refractivity contribution in [3.05, 3.63) is 70.9 Å². The Morgan fingerprint density at radius 2 is 1.74 bits per heavy atom. The van der Waals surface area contributed by atoms with E-state index in [1.165, 1.54) is 0 Å². The van der Waals surface area contributed by atoms with Crippen molar-refractivity contribution in [3.8, 4) is 0 Å². The van der Waals surface area contributed by atoms with E-state index in [9.17, 15) is 5.21 Å². The summed E-state index contributed by atoms with van der Waals surface area (Å²) in [4.78, 5) is 12.8. The summed E-state index contributed by atoms with van der Waals surface area (Å²) in [5.74, 6) is 1.31. The molecule has 0 fully saturated rings. The number of aryl methyl sites for hydroxylation is 2. The average Bonchev–Trinajstić information content (AvgIpc) is 2.73. The van der Waals surface area contributed by atoms with Gasteiger partial charge in [0.15, 0.2) is 0 Å². The number of rotatable bonds is 8. The van der Waals surface area contributed by atoms with Gasteiger partial charge in [-0.1, -0.05) is 31.1 Å². The molecule has 0 saturated carbocycles. The number of aromatic nitrogens is 2. The topological polar surface area (TPSA) is 94.8 Å². The molecule has 0 saturated heterocycles. The molecule has 0 radical (unpaired) electrons. The summed E-state index contributed by atoms with van der Waals surface area (Å²) in [7, 11) is 0. The van der Waals surface area contributed by atoms with Crippen molar-refractivity contribution < 1.29 is 5.21 Å². The van der Waals surface area contributed by atoms with Gasteiger partial charge in [-0.2, -0.15) is 4.98 Å². The number of hydrogen-bond donors (Lipinski definition) is 3. The van der Waals surface area contributed by atoms with Crippen LogP contribution in [0.1, 0.15) is 36.1 Å². The number of nitrogens with one attached hydrogen (secondary N) is 2. The maximum absolute atomic E-state index is 9.37. The van der Waals surface area contributed by atoms with Crippen molar-refractivity contribution in [1.82, 2.24) is 9.97 Å². The molecule has 7 nitrogen and oxygen atoms in total. The van der Waals surface area contributed by atoms with Gasteiger partial charge in [0.1, 0.15) is 5.82 Å². The van der Waals surface area contributed by atoms with Crippen molar-refractivity contribution >= 4 is 35.6 Å². The first-order chi connectivity index (χ1) is 14.9. The average molecular weight is 417 g/mol. The number of oxime groups is 1. The van der Waals surface area contributed by atoms with E-state index < -0.39 is 0 Å². The van der Waals surface area contributed by atoms with Crippen LogP contribution in [0.4, 0.5) is 23.1 Å². The van der Waals surface area contributed by atoms with Gasteiger partial charge in [-0.15, -0.1) is 0 Å². The van der Waals surface area contributed by atoms with Crippen LogP contribution in [0.3, 0.4) is 0 Å². The molecule has 2 aromatic carbocycles. The number of benzene rings is 2. The second-order valence-corrected chi connectivity index (χ2v) is 7.72. The van der Waals surface area contributed by atoms with E-state index in [1.807, 2.05) is 70.2 Å². The molecule has 3 aromatic rings. The summed E-state index contributed by atoms with van der Waals surface area (Å²) in [5, 5.41) is 19.5. The number of nitrogens with zero attached hydrogens (tertiary/aromatic N) is 4. The molecule has 0 aliphatic rings. The number of anilines is 4. The quantitative estimate of drug-likeness (QED) is 0.252. The third-order valence-electron chi connectivity index (χ3n) is 4.90. The molecule has 0 aliphatic heterocycles. The Hall–Kier alpha value is -3.74. The van der Waals surface area contributed by atoms with Crippen LogP contribution in [-0.2, 0) is 6.54 Å². The fourth-order valence-corrected chi connectivity index (χ4v) is 3.38. The van der Waals surface area contributed by atoms with Gasteiger partial charge < -0.3 is 15.8 Å². The molecule has 0 amide bonds. The molecule has 1 aromatic heterocycles. The molecule has 31 heavy (non-hydrogen) atoms. The summed E-state index contributed by atoms with van der Waals surface area (Å²) in [6.07, 6.45) is 1.71. The molecule has 160 valence electrons. The Balaban J connectivity index is 1.80. The summed E-state index contributed by atoms with van der Waals surface area (Å²) >= 11 is 0. The molecule has 0 bridgehead atoms. The predicted octanol–water partition coefficient (Wildman–Crippen LogP) is 5.62. The maximum atomic E-state index is 9.37. The van der Waals surface area contributed by atoms with E-state index in [1.54, 1.807) is 6.20 Å². The SMILES string of the molecule is C=NCc1ccc(Nc2nccc(Nc3c(C)cc(/C(=N/O)C(C)C)cc3C)n2)cc1. The van der Waals surface area contributed by atoms with Crippen LogP contribution in [0.25, 0.3) is 0 Å². The molecule has 0 spiro atoms. The zero-order valence-corrected chi connectivity index (χ0v) is 18.3. The van der Waals surface area contributed by atoms with Crippen LogP contribution in [0.2, 0.25) is 0 Å². The number of hydrogen-bond acceptors (Lipinski definition) is 7. The van der Waals surface area contributed by atoms with Crippen LogP contribution in [-0.4, -0.2) is 27.6 Å². The summed E-state index contributed by atoms with van der Waals surface area (Å²) < 4.78 is 0. The lowest BCUT2D eigenvalue weighted by Crippen LogP contribution is -2.11. The monoisotopic (exact) mass is 416 g/mol. The summed E-state index contributed by atoms with van der Waals surface area (Å²) in [5.41, 5.74) is 6.62. The van der Waals surface area contributed by atoms with Crippen molar-refractivity contribution in [2.24, 2.45) is 16.1 Å². The lowest BCUT2D eigenvalue weighted by molar-refractivity contribution is 0.316. The van der Waals surface area contributed by atoms with Gasteiger partial charge in [-0.3, -0.25) is 4.99 Å². The summed E-state index contributed by atoms with van der Waals surface area (Å²) in [6.45, 7) is 12.2. The third kappa shape index (κ3) is 5.45. The molecule has 0 unspecified atom stereocenters. The lowest BCUT2D eigenvalue weighted by Gasteiger charge is -2.16. The second-order valence-electron chi connectivity index (χ2n) is 7.72. The van der Waals surface area contributed by atoms with Crippen molar-refractivity contribution in [2.75, 3.05) is 10.6 Å². The molecule has 3 rings (SSSR count). The maximum Gasteiger partial charge on any atom is 0.229 e. The highest BCUT2D eigenvalue weighted by Gasteiger charge is 2.13. The minimum Gasteiger partial charge on any atom is -0.411 e. The van der Waals surface area contributed by atoms with E-state index in [-0.39, 0.29) is 5.92 Å². The molecule has 0 aliphatic carbocycles. The van der Waals surface area contributed by atoms with Crippen molar-refractivity contribution in [1.29, 1.82) is 0 Å². The largest absolute Gasteiger partial charge is 0.411 e. The van der Waals surface area contributed by atoms with Gasteiger partial charge in [0.05, 0.1) is 12.3 Å². The van der Waals surface area contributed by atoms with Gasteiger partial charge in [-0.05, 0) is 73.5 Å². The zero-order chi connectivity index (χ0) is 22.4. The smallest absolute Gasteiger partial charge is 0.229 e. The van der Waals surface area contributed by atoms with Crippen LogP contribution in [0, 0.1) is 19.8 Å². The highest BCUT2D eigenvalue weighted by atomic mass is 16.4. The van der Waals surface area contributed by atoms with Gasteiger partial charge in [0.25, 0.3) is 0 Å². The van der Waals surface area contributed by atoms with Gasteiger partial charge in [0.2, 0.25) is 5.95 Å². The van der Waals surface area contributed by atoms with E-state index in [4.69, 9.17) is 0 Å². The Morgan fingerprint density at radius 1 is 1.06 bits per heavy atom. The van der Waals surface area contributed by atoms with Crippen LogP contribution in [0.15, 0.2) is 58.8 Å². The molecule has 0 atom stereocenters. The Labute approximate surface area is 183 Å². The molecule has 7 heteroatoms. The fourth-order valence-electron chi connectivity index (χ4n) is 3.38. The van der Waals surface area contributed by atoms with E-state index >= 15 is 0 Å². The van der Waals surface area contributed by atoms with Crippen molar-refractivity contribution in [3.63, 3.8) is 0 Å². The first kappa shape index (κ1) is 22.0. The molecule has 1 heterocycles. The van der Waals surface area contributed by atoms with Gasteiger partial charge in [0, 0.05) is 23.1 Å². The first-order valence-electron chi connectivity index (χ1n) is 10.1. The lowest BCUT2D eigenvalue weighted by atomic mass is 9.95. The zero-order valence-electron chi connectivity index (χ0n) is 18.3. The van der Waals surface area contributed by atoms with E-state index in [0.29, 0.717) is 24.0 Å². The third-order valence-corrected chi connectivity index (χ3v) is 4.90. The standard InChI is InChI=1S/C24H28N6O/c1-15(2)22(30-31)19-12-16(3)23(17(4)13-19)28-21-10-11-26-24(29-21)27-20-8-6-18(7-9-20)14-25-5/h6-13,15,31H,5,14H2,1-4H3,(H2,26,27,28,29)/b30-22+. The normalized spacial score (nSPS) is 11.5. The fraction of sp³-hybridized carbons (Fsp3) is 0.250. The molecular weight excluding hydrogens is 388 g/mol. The summed E-state index contributed by atoms with van der Waals surface area (Å²) in [6, 6.07) is 13.8. The van der Waals surface area contributed by atoms with Crippen molar-refractivity contribution in [2.45, 2.75) is 34.2 Å². The minimum atomic E-state index is 0.125. The molecular formula is C24H28N6O. The Kier molecular flexibility index (Phi) is 6.97. The van der Waals surface area contributed by atoms with Crippen LogP contribution < -0.4 is 10.6 Å². The van der Waals surface area contributed by atoms with E-state index in [2.05, 4.69) is 37.5 Å². The minimum absolute atomic E-state index is 0.125. The first-order valence-corrected chi connectivity index (χ1v) is 10.1. The van der Waals surface area contributed by atoms with Crippen LogP contribution in [0.5, 0.6) is 0 Å². The Bertz CT molecular complexity index is 1070. The van der Waals surface area contributed by atoms with E-state index in [0.717, 1.165) is 33.6 Å². The predicted molar refractivity (Wildman–Crippen MR) is 127 cm³/mol. The van der Waals surface area contributed by atoms with Crippen LogP contribution >= 0.6 is 0 Å². The van der Waals surface area contributed by atoms with Gasteiger partial charge in [-0.25, -0.2) is 4.98 Å². The number of aliphatic imine (C=N–C) groups is 1. The Morgan fingerprint density at radius 3 is 2.32 bits per heavy atom. The second kappa shape index (κ2) is 9.84. The highest BCUT2D eigenvalue weighted by molar-refractivity contribution is 6.02. The molecule has 3 N–H and O–H groups in total. The van der Waals surface area contributed by atoms with Gasteiger partial charge >= 0.3 is 0 Å². The highest BCUT2D eigenvalue weighted by Crippen LogP contribution is 2.27.